The highest BCUT2D eigenvalue weighted by molar-refractivity contribution is 14.1. The first kappa shape index (κ1) is 11.6. The summed E-state index contributed by atoms with van der Waals surface area (Å²) in [6.45, 7) is 0. The second-order valence-electron chi connectivity index (χ2n) is 2.42. The van der Waals surface area contributed by atoms with Gasteiger partial charge in [-0.05, 0) is 22.6 Å². The minimum absolute atomic E-state index is 0.0132. The molecule has 0 bridgehead atoms. The van der Waals surface area contributed by atoms with Crippen LogP contribution in [0.3, 0.4) is 0 Å². The second kappa shape index (κ2) is 4.84. The van der Waals surface area contributed by atoms with Gasteiger partial charge in [-0.2, -0.15) is 5.26 Å². The molecule has 6 heteroatoms. The molecule has 0 saturated heterocycles. The standard InChI is InChI=1S/C8H4ClF2IN2/c9-5-3-14-7(8(10)11)6(12)4(5)1-2-13/h3,8H,1H2. The van der Waals surface area contributed by atoms with Crippen LogP contribution in [0.5, 0.6) is 0 Å². The van der Waals surface area contributed by atoms with Gasteiger partial charge in [0.1, 0.15) is 5.69 Å². The lowest BCUT2D eigenvalue weighted by atomic mass is 10.2. The molecule has 0 spiro atoms. The Morgan fingerprint density at radius 1 is 1.64 bits per heavy atom. The Kier molecular flexibility index (Phi) is 4.01. The molecule has 0 amide bonds. The number of nitrogens with zero attached hydrogens (tertiary/aromatic N) is 2. The topological polar surface area (TPSA) is 36.7 Å². The van der Waals surface area contributed by atoms with Gasteiger partial charge in [-0.1, -0.05) is 11.6 Å². The predicted molar refractivity (Wildman–Crippen MR) is 56.2 cm³/mol. The molecule has 0 fully saturated rings. The Morgan fingerprint density at radius 2 is 2.29 bits per heavy atom. The molecule has 1 aromatic heterocycles. The zero-order valence-corrected chi connectivity index (χ0v) is 9.68. The molecular formula is C8H4ClF2IN2. The summed E-state index contributed by atoms with van der Waals surface area (Å²) >= 11 is 7.45. The maximum absolute atomic E-state index is 12.4. The molecule has 1 heterocycles. The molecule has 14 heavy (non-hydrogen) atoms. The number of rotatable bonds is 2. The summed E-state index contributed by atoms with van der Waals surface area (Å²) in [6, 6.07) is 1.87. The zero-order valence-electron chi connectivity index (χ0n) is 6.77. The van der Waals surface area contributed by atoms with E-state index in [9.17, 15) is 8.78 Å². The molecule has 74 valence electrons. The van der Waals surface area contributed by atoms with Gasteiger partial charge < -0.3 is 0 Å². The van der Waals surface area contributed by atoms with Crippen molar-refractivity contribution in [1.29, 1.82) is 5.26 Å². The molecule has 0 N–H and O–H groups in total. The lowest BCUT2D eigenvalue weighted by Crippen LogP contribution is -2.00. The first-order chi connectivity index (χ1) is 6.57. The number of pyridine rings is 1. The fourth-order valence-electron chi connectivity index (χ4n) is 0.913. The predicted octanol–water partition coefficient (Wildman–Crippen LogP) is 3.34. The molecule has 1 aromatic rings. The molecule has 0 aliphatic heterocycles. The Bertz CT molecular complexity index is 390. The number of alkyl halides is 2. The SMILES string of the molecule is N#CCc1c(Cl)cnc(C(F)F)c1I. The van der Waals surface area contributed by atoms with Crippen LogP contribution in [0.15, 0.2) is 6.20 Å². The van der Waals surface area contributed by atoms with Crippen molar-refractivity contribution in [1.82, 2.24) is 4.98 Å². The van der Waals surface area contributed by atoms with Crippen LogP contribution in [0.4, 0.5) is 8.78 Å². The van der Waals surface area contributed by atoms with Crippen molar-refractivity contribution < 1.29 is 8.78 Å². The lowest BCUT2D eigenvalue weighted by Gasteiger charge is -2.07. The van der Waals surface area contributed by atoms with Crippen LogP contribution >= 0.6 is 34.2 Å². The van der Waals surface area contributed by atoms with Crippen molar-refractivity contribution in [3.63, 3.8) is 0 Å². The number of hydrogen-bond acceptors (Lipinski definition) is 2. The first-order valence-corrected chi connectivity index (χ1v) is 5.01. The highest BCUT2D eigenvalue weighted by atomic mass is 127. The summed E-state index contributed by atoms with van der Waals surface area (Å²) in [5.41, 5.74) is 0.0975. The van der Waals surface area contributed by atoms with Crippen molar-refractivity contribution in [2.24, 2.45) is 0 Å². The highest BCUT2D eigenvalue weighted by Gasteiger charge is 2.18. The smallest absolute Gasteiger partial charge is 0.253 e. The van der Waals surface area contributed by atoms with E-state index in [0.717, 1.165) is 6.20 Å². The van der Waals surface area contributed by atoms with Crippen LogP contribution in [0.25, 0.3) is 0 Å². The number of hydrogen-bond donors (Lipinski definition) is 0. The summed E-state index contributed by atoms with van der Waals surface area (Å²) in [4.78, 5) is 3.52. The Hall–Kier alpha value is -0.480. The second-order valence-corrected chi connectivity index (χ2v) is 3.91. The minimum Gasteiger partial charge on any atom is -0.253 e. The minimum atomic E-state index is -2.64. The fraction of sp³-hybridized carbons (Fsp3) is 0.250. The first-order valence-electron chi connectivity index (χ1n) is 3.55. The molecule has 0 saturated carbocycles. The normalized spacial score (nSPS) is 10.3. The Morgan fingerprint density at radius 3 is 2.79 bits per heavy atom. The monoisotopic (exact) mass is 328 g/mol. The van der Waals surface area contributed by atoms with E-state index < -0.39 is 6.43 Å². The van der Waals surface area contributed by atoms with Crippen molar-refractivity contribution in [3.8, 4) is 6.07 Å². The van der Waals surface area contributed by atoms with Crippen molar-refractivity contribution in [2.75, 3.05) is 0 Å². The molecule has 0 aliphatic rings. The number of nitriles is 1. The van der Waals surface area contributed by atoms with E-state index in [2.05, 4.69) is 4.98 Å². The summed E-state index contributed by atoms with van der Waals surface area (Å²) in [5.74, 6) is 0. The van der Waals surface area contributed by atoms with E-state index in [-0.39, 0.29) is 20.7 Å². The van der Waals surface area contributed by atoms with Crippen molar-refractivity contribution in [3.05, 3.63) is 26.0 Å². The van der Waals surface area contributed by atoms with Gasteiger partial charge in [0, 0.05) is 15.3 Å². The molecule has 0 unspecified atom stereocenters. The third kappa shape index (κ3) is 2.30. The average Bonchev–Trinajstić information content (AvgIpc) is 2.11. The van der Waals surface area contributed by atoms with E-state index in [4.69, 9.17) is 16.9 Å². The van der Waals surface area contributed by atoms with Gasteiger partial charge in [0.25, 0.3) is 6.43 Å². The Labute approximate surface area is 98.0 Å². The van der Waals surface area contributed by atoms with Crippen LogP contribution in [0.2, 0.25) is 5.02 Å². The van der Waals surface area contributed by atoms with Crippen LogP contribution < -0.4 is 0 Å². The van der Waals surface area contributed by atoms with E-state index in [1.165, 1.54) is 0 Å². The third-order valence-electron chi connectivity index (χ3n) is 1.56. The Balaban J connectivity index is 3.27. The zero-order chi connectivity index (χ0) is 10.7. The van der Waals surface area contributed by atoms with E-state index >= 15 is 0 Å². The summed E-state index contributed by atoms with van der Waals surface area (Å²) in [6.07, 6.45) is -1.48. The molecule has 0 aromatic carbocycles. The molecule has 1 rings (SSSR count). The molecular weight excluding hydrogens is 324 g/mol. The number of halogens is 4. The van der Waals surface area contributed by atoms with Gasteiger partial charge in [0.05, 0.1) is 17.5 Å². The lowest BCUT2D eigenvalue weighted by molar-refractivity contribution is 0.145. The van der Waals surface area contributed by atoms with E-state index in [1.807, 2.05) is 6.07 Å². The molecule has 0 atom stereocenters. The summed E-state index contributed by atoms with van der Waals surface area (Å²) in [5, 5.41) is 8.73. The van der Waals surface area contributed by atoms with Gasteiger partial charge in [-0.3, -0.25) is 4.98 Å². The van der Waals surface area contributed by atoms with Crippen molar-refractivity contribution >= 4 is 34.2 Å². The molecule has 0 aliphatic carbocycles. The molecule has 2 nitrogen and oxygen atoms in total. The van der Waals surface area contributed by atoms with Gasteiger partial charge in [-0.25, -0.2) is 8.78 Å². The largest absolute Gasteiger partial charge is 0.281 e. The quantitative estimate of drug-likeness (QED) is 0.781. The third-order valence-corrected chi connectivity index (χ3v) is 3.09. The van der Waals surface area contributed by atoms with Crippen molar-refractivity contribution in [2.45, 2.75) is 12.8 Å². The van der Waals surface area contributed by atoms with E-state index in [0.29, 0.717) is 5.56 Å². The maximum Gasteiger partial charge on any atom is 0.281 e. The van der Waals surface area contributed by atoms with Gasteiger partial charge >= 0.3 is 0 Å². The van der Waals surface area contributed by atoms with E-state index in [1.54, 1.807) is 22.6 Å². The van der Waals surface area contributed by atoms with Crippen LogP contribution in [0, 0.1) is 14.9 Å². The van der Waals surface area contributed by atoms with Gasteiger partial charge in [0.2, 0.25) is 0 Å². The van der Waals surface area contributed by atoms with Crippen LogP contribution in [-0.2, 0) is 6.42 Å². The number of aromatic nitrogens is 1. The maximum atomic E-state index is 12.4. The van der Waals surface area contributed by atoms with Gasteiger partial charge in [0.15, 0.2) is 0 Å². The van der Waals surface area contributed by atoms with Gasteiger partial charge in [-0.15, -0.1) is 0 Å². The van der Waals surface area contributed by atoms with Crippen LogP contribution in [0.1, 0.15) is 17.7 Å². The fourth-order valence-corrected chi connectivity index (χ4v) is 2.14. The average molecular weight is 328 g/mol. The molecule has 0 radical (unpaired) electrons. The summed E-state index contributed by atoms with van der Waals surface area (Å²) in [7, 11) is 0. The highest BCUT2D eigenvalue weighted by Crippen LogP contribution is 2.29. The summed E-state index contributed by atoms with van der Waals surface area (Å²) < 4.78 is 25.0. The van der Waals surface area contributed by atoms with Crippen LogP contribution in [-0.4, -0.2) is 4.98 Å².